The molecule has 2 atom stereocenters. The highest BCUT2D eigenvalue weighted by Gasteiger charge is 2.49. The van der Waals surface area contributed by atoms with Gasteiger partial charge >= 0.3 is 0 Å². The average Bonchev–Trinajstić information content (AvgIpc) is 2.50. The molecule has 1 aliphatic heterocycles. The van der Waals surface area contributed by atoms with E-state index in [2.05, 4.69) is 0 Å². The van der Waals surface area contributed by atoms with E-state index in [1.54, 1.807) is 14.0 Å². The highest BCUT2D eigenvalue weighted by molar-refractivity contribution is 6.16. The van der Waals surface area contributed by atoms with E-state index in [1.807, 2.05) is 12.2 Å². The van der Waals surface area contributed by atoms with Gasteiger partial charge in [-0.2, -0.15) is 0 Å². The molecule has 5 nitrogen and oxygen atoms in total. The molecule has 0 unspecified atom stereocenters. The molecule has 0 aromatic carbocycles. The largest absolute Gasteiger partial charge is 0.343 e. The van der Waals surface area contributed by atoms with Crippen LogP contribution >= 0.6 is 0 Å². The van der Waals surface area contributed by atoms with Gasteiger partial charge in [0.05, 0.1) is 6.04 Å². The first-order valence-corrected chi connectivity index (χ1v) is 6.62. The summed E-state index contributed by atoms with van der Waals surface area (Å²) in [5, 5.41) is 0. The molecule has 19 heavy (non-hydrogen) atoms. The minimum absolute atomic E-state index is 0.355. The zero-order valence-corrected chi connectivity index (χ0v) is 11.5. The first-order chi connectivity index (χ1) is 8.89. The number of hydrogen-bond acceptors (Lipinski definition) is 4. The highest BCUT2D eigenvalue weighted by Crippen LogP contribution is 2.33. The van der Waals surface area contributed by atoms with Crippen molar-refractivity contribution in [3.8, 4) is 0 Å². The molecule has 2 aliphatic rings. The maximum absolute atomic E-state index is 12.5. The fourth-order valence-corrected chi connectivity index (χ4v) is 2.80. The Hall–Kier alpha value is -1.46. The van der Waals surface area contributed by atoms with Crippen molar-refractivity contribution in [2.24, 2.45) is 11.5 Å². The van der Waals surface area contributed by atoms with Crippen molar-refractivity contribution in [2.45, 2.75) is 37.8 Å². The molecule has 5 heteroatoms. The molecule has 0 saturated heterocycles. The van der Waals surface area contributed by atoms with Crippen molar-refractivity contribution in [1.82, 2.24) is 4.90 Å². The number of carbonyl (C=O) groups is 2. The second kappa shape index (κ2) is 4.90. The van der Waals surface area contributed by atoms with E-state index in [4.69, 9.17) is 11.5 Å². The van der Waals surface area contributed by atoms with Gasteiger partial charge in [-0.25, -0.2) is 0 Å². The zero-order valence-electron chi connectivity index (χ0n) is 11.5. The molecule has 0 spiro atoms. The lowest BCUT2D eigenvalue weighted by atomic mass is 9.77. The molecule has 1 heterocycles. The molecule has 1 amide bonds. The van der Waals surface area contributed by atoms with Crippen LogP contribution in [0.5, 0.6) is 0 Å². The van der Waals surface area contributed by atoms with Gasteiger partial charge in [0.1, 0.15) is 0 Å². The Bertz CT molecular complexity index is 479. The molecule has 0 saturated carbocycles. The number of nitrogens with two attached hydrogens (primary N) is 2. The second-order valence-corrected chi connectivity index (χ2v) is 5.40. The predicted octanol–water partition coefficient (Wildman–Crippen LogP) is 0.109. The van der Waals surface area contributed by atoms with Gasteiger partial charge in [-0.1, -0.05) is 17.7 Å². The number of nitrogens with zero attached hydrogens (tertiary/aromatic N) is 1. The minimum Gasteiger partial charge on any atom is -0.343 e. The van der Waals surface area contributed by atoms with Gasteiger partial charge < -0.3 is 16.4 Å². The number of Topliss-reactive ketones (excluding diaryl/α,β-unsaturated/α-hetero) is 1. The third-order valence-electron chi connectivity index (χ3n) is 3.94. The molecule has 0 fully saturated rings. The molecule has 2 rings (SSSR count). The molecule has 4 N–H and O–H groups in total. The Morgan fingerprint density at radius 2 is 2.16 bits per heavy atom. The Kier molecular flexibility index (Phi) is 3.60. The lowest BCUT2D eigenvalue weighted by molar-refractivity contribution is -0.140. The SMILES string of the molecule is C[C@H](N)C(=O)[C@]1(N)C(=O)N(C)CCC2=C1C=CCC2. The monoisotopic (exact) mass is 263 g/mol. The van der Waals surface area contributed by atoms with Gasteiger partial charge in [-0.3, -0.25) is 9.59 Å². The Morgan fingerprint density at radius 1 is 1.47 bits per heavy atom. The molecule has 0 radical (unpaired) electrons. The summed E-state index contributed by atoms with van der Waals surface area (Å²) in [6, 6.07) is -0.760. The average molecular weight is 263 g/mol. The lowest BCUT2D eigenvalue weighted by Crippen LogP contribution is -2.63. The fourth-order valence-electron chi connectivity index (χ4n) is 2.80. The minimum atomic E-state index is -1.62. The standard InChI is InChI=1S/C14H21N3O2/c1-9(15)12(18)14(16)11-6-4-3-5-10(11)7-8-17(2)13(14)19/h4,6,9H,3,5,7-8,15-16H2,1-2H3/t9-,14-/m0/s1. The van der Waals surface area contributed by atoms with Crippen molar-refractivity contribution >= 4 is 11.7 Å². The first-order valence-electron chi connectivity index (χ1n) is 6.62. The van der Waals surface area contributed by atoms with E-state index < -0.39 is 17.4 Å². The predicted molar refractivity (Wildman–Crippen MR) is 73.2 cm³/mol. The fraction of sp³-hybridized carbons (Fsp3) is 0.571. The van der Waals surface area contributed by atoms with Gasteiger partial charge in [0.2, 0.25) is 0 Å². The van der Waals surface area contributed by atoms with Gasteiger partial charge in [0.25, 0.3) is 5.91 Å². The Labute approximate surface area is 113 Å². The van der Waals surface area contributed by atoms with Crippen LogP contribution in [0.3, 0.4) is 0 Å². The lowest BCUT2D eigenvalue weighted by Gasteiger charge is -2.32. The van der Waals surface area contributed by atoms with Crippen molar-refractivity contribution in [3.63, 3.8) is 0 Å². The number of rotatable bonds is 2. The number of ketones is 1. The summed E-state index contributed by atoms with van der Waals surface area (Å²) < 4.78 is 0. The van der Waals surface area contributed by atoms with Crippen molar-refractivity contribution < 1.29 is 9.59 Å². The quantitative estimate of drug-likeness (QED) is 0.692. The normalized spacial score (nSPS) is 29.1. The summed E-state index contributed by atoms with van der Waals surface area (Å²) in [6.07, 6.45) is 6.36. The highest BCUT2D eigenvalue weighted by atomic mass is 16.2. The first kappa shape index (κ1) is 14.0. The molecule has 1 aliphatic carbocycles. The van der Waals surface area contributed by atoms with Gasteiger partial charge in [0, 0.05) is 13.6 Å². The van der Waals surface area contributed by atoms with Gasteiger partial charge in [-0.15, -0.1) is 0 Å². The van der Waals surface area contributed by atoms with Crippen molar-refractivity contribution in [1.29, 1.82) is 0 Å². The molecule has 0 bridgehead atoms. The van der Waals surface area contributed by atoms with Crippen LogP contribution in [0.2, 0.25) is 0 Å². The van der Waals surface area contributed by atoms with E-state index in [0.717, 1.165) is 24.8 Å². The Balaban J connectivity index is 2.58. The van der Waals surface area contributed by atoms with Gasteiger partial charge in [-0.05, 0) is 31.8 Å². The van der Waals surface area contributed by atoms with E-state index in [9.17, 15) is 9.59 Å². The van der Waals surface area contributed by atoms with E-state index in [1.165, 1.54) is 4.90 Å². The number of amides is 1. The van der Waals surface area contributed by atoms with Crippen molar-refractivity contribution in [2.75, 3.05) is 13.6 Å². The summed E-state index contributed by atoms with van der Waals surface area (Å²) in [5.74, 6) is -0.767. The van der Waals surface area contributed by atoms with Crippen LogP contribution in [0.1, 0.15) is 26.2 Å². The van der Waals surface area contributed by atoms with Crippen LogP contribution in [-0.4, -0.2) is 41.8 Å². The summed E-state index contributed by atoms with van der Waals surface area (Å²) in [5.41, 5.74) is 12.1. The summed E-state index contributed by atoms with van der Waals surface area (Å²) in [6.45, 7) is 2.17. The number of carbonyl (C=O) groups excluding carboxylic acids is 2. The summed E-state index contributed by atoms with van der Waals surface area (Å²) in [4.78, 5) is 26.5. The third-order valence-corrected chi connectivity index (χ3v) is 3.94. The van der Waals surface area contributed by atoms with Crippen LogP contribution in [0.15, 0.2) is 23.3 Å². The zero-order chi connectivity index (χ0) is 14.2. The number of likely N-dealkylation sites (N-methyl/N-ethyl adjacent to an activating group) is 1. The molecule has 0 aromatic rings. The number of allylic oxidation sites excluding steroid dienone is 1. The summed E-state index contributed by atoms with van der Waals surface area (Å²) in [7, 11) is 1.68. The van der Waals surface area contributed by atoms with Crippen LogP contribution in [0, 0.1) is 0 Å². The van der Waals surface area contributed by atoms with Crippen LogP contribution < -0.4 is 11.5 Å². The maximum atomic E-state index is 12.5. The topological polar surface area (TPSA) is 89.4 Å². The molecule has 104 valence electrons. The van der Waals surface area contributed by atoms with Crippen LogP contribution in [0.4, 0.5) is 0 Å². The van der Waals surface area contributed by atoms with Crippen LogP contribution in [0.25, 0.3) is 0 Å². The van der Waals surface area contributed by atoms with E-state index in [-0.39, 0.29) is 5.91 Å². The molecule has 0 aromatic heterocycles. The smallest absolute Gasteiger partial charge is 0.254 e. The van der Waals surface area contributed by atoms with E-state index in [0.29, 0.717) is 12.1 Å². The maximum Gasteiger partial charge on any atom is 0.254 e. The summed E-state index contributed by atoms with van der Waals surface area (Å²) >= 11 is 0. The molecular formula is C14H21N3O2. The second-order valence-electron chi connectivity index (χ2n) is 5.40. The van der Waals surface area contributed by atoms with Gasteiger partial charge in [0.15, 0.2) is 11.3 Å². The third kappa shape index (κ3) is 2.13. The van der Waals surface area contributed by atoms with Crippen LogP contribution in [-0.2, 0) is 9.59 Å². The van der Waals surface area contributed by atoms with E-state index >= 15 is 0 Å². The molecular weight excluding hydrogens is 242 g/mol. The van der Waals surface area contributed by atoms with Crippen molar-refractivity contribution in [3.05, 3.63) is 23.3 Å². The Morgan fingerprint density at radius 3 is 2.79 bits per heavy atom. The number of hydrogen-bond donors (Lipinski definition) is 2.